The molecule has 9 heteroatoms. The number of nitrogens with one attached hydrogen (secondary N) is 1. The summed E-state index contributed by atoms with van der Waals surface area (Å²) in [6.45, 7) is 2.08. The zero-order valence-electron chi connectivity index (χ0n) is 15.6. The Hall–Kier alpha value is -2.49. The lowest BCUT2D eigenvalue weighted by Gasteiger charge is -2.22. The fourth-order valence-corrected chi connectivity index (χ4v) is 4.03. The number of carbonyl (C=O) groups is 1. The number of benzene rings is 1. The highest BCUT2D eigenvalue weighted by Gasteiger charge is 2.28. The summed E-state index contributed by atoms with van der Waals surface area (Å²) in [4.78, 5) is 12.4. The SMILES string of the molecule is Cc1cc(NC(=O)CN(CC2CCCO2)S(=O)(=O)/C=C/c2ccccc2)no1. The van der Waals surface area contributed by atoms with Crippen molar-refractivity contribution in [3.8, 4) is 0 Å². The molecule has 2 aromatic rings. The Bertz CT molecular complexity index is 918. The second kappa shape index (κ2) is 9.13. The van der Waals surface area contributed by atoms with Crippen LogP contribution in [0.3, 0.4) is 0 Å². The zero-order valence-corrected chi connectivity index (χ0v) is 16.4. The predicted octanol–water partition coefficient (Wildman–Crippen LogP) is 2.40. The van der Waals surface area contributed by atoms with Crippen molar-refractivity contribution in [2.45, 2.75) is 25.9 Å². The van der Waals surface area contributed by atoms with Crippen LogP contribution in [0.15, 0.2) is 46.3 Å². The van der Waals surface area contributed by atoms with E-state index in [1.165, 1.54) is 6.08 Å². The first kappa shape index (κ1) is 20.2. The summed E-state index contributed by atoms with van der Waals surface area (Å²) in [5, 5.41) is 7.36. The summed E-state index contributed by atoms with van der Waals surface area (Å²) >= 11 is 0. The van der Waals surface area contributed by atoms with Gasteiger partial charge in [0, 0.05) is 24.6 Å². The first-order valence-corrected chi connectivity index (χ1v) is 10.5. The van der Waals surface area contributed by atoms with Crippen LogP contribution < -0.4 is 5.32 Å². The first-order valence-electron chi connectivity index (χ1n) is 9.00. The van der Waals surface area contributed by atoms with Gasteiger partial charge in [0.25, 0.3) is 0 Å². The molecule has 0 spiro atoms. The van der Waals surface area contributed by atoms with Gasteiger partial charge in [-0.2, -0.15) is 4.31 Å². The van der Waals surface area contributed by atoms with Gasteiger partial charge >= 0.3 is 0 Å². The lowest BCUT2D eigenvalue weighted by Crippen LogP contribution is -2.41. The van der Waals surface area contributed by atoms with Crippen LogP contribution in [0.4, 0.5) is 5.82 Å². The molecule has 1 aromatic carbocycles. The molecule has 28 heavy (non-hydrogen) atoms. The molecule has 1 unspecified atom stereocenters. The third-order valence-corrected chi connectivity index (χ3v) is 5.72. The van der Waals surface area contributed by atoms with Gasteiger partial charge in [-0.1, -0.05) is 35.5 Å². The van der Waals surface area contributed by atoms with Crippen LogP contribution in [0, 0.1) is 6.92 Å². The molecule has 2 heterocycles. The molecular formula is C19H23N3O5S. The summed E-state index contributed by atoms with van der Waals surface area (Å²) in [7, 11) is -3.82. The van der Waals surface area contributed by atoms with Crippen LogP contribution in [0.2, 0.25) is 0 Å². The number of aromatic nitrogens is 1. The quantitative estimate of drug-likeness (QED) is 0.724. The number of carbonyl (C=O) groups excluding carboxylic acids is 1. The summed E-state index contributed by atoms with van der Waals surface area (Å²) in [6, 6.07) is 10.7. The van der Waals surface area contributed by atoms with E-state index in [9.17, 15) is 13.2 Å². The van der Waals surface area contributed by atoms with Gasteiger partial charge in [-0.15, -0.1) is 0 Å². The van der Waals surface area contributed by atoms with Crippen molar-refractivity contribution in [2.75, 3.05) is 25.0 Å². The van der Waals surface area contributed by atoms with Gasteiger partial charge in [0.1, 0.15) is 5.76 Å². The standard InChI is InChI=1S/C19H23N3O5S/c1-15-12-18(21-27-15)20-19(23)14-22(13-17-8-5-10-26-17)28(24,25)11-9-16-6-3-2-4-7-16/h2-4,6-7,9,11-12,17H,5,8,10,13-14H2,1H3,(H,20,21,23)/b11-9+. The second-order valence-corrected chi connectivity index (χ2v) is 8.38. The van der Waals surface area contributed by atoms with E-state index in [0.717, 1.165) is 28.1 Å². The molecule has 150 valence electrons. The Kier molecular flexibility index (Phi) is 6.61. The Balaban J connectivity index is 1.73. The lowest BCUT2D eigenvalue weighted by atomic mass is 10.2. The molecule has 0 aliphatic carbocycles. The summed E-state index contributed by atoms with van der Waals surface area (Å²) < 4.78 is 37.3. The number of sulfonamides is 1. The summed E-state index contributed by atoms with van der Waals surface area (Å²) in [5.74, 6) is 0.296. The average Bonchev–Trinajstić information content (AvgIpc) is 3.32. The number of anilines is 1. The molecule has 1 aromatic heterocycles. The molecule has 1 aliphatic heterocycles. The van der Waals surface area contributed by atoms with Crippen LogP contribution in [-0.2, 0) is 19.6 Å². The monoisotopic (exact) mass is 405 g/mol. The number of hydrogen-bond acceptors (Lipinski definition) is 6. The topological polar surface area (TPSA) is 102 Å². The fraction of sp³-hybridized carbons (Fsp3) is 0.368. The van der Waals surface area contributed by atoms with E-state index in [1.807, 2.05) is 18.2 Å². The van der Waals surface area contributed by atoms with Crippen molar-refractivity contribution >= 4 is 27.8 Å². The van der Waals surface area contributed by atoms with Crippen LogP contribution in [0.1, 0.15) is 24.2 Å². The van der Waals surface area contributed by atoms with Crippen LogP contribution >= 0.6 is 0 Å². The molecule has 3 rings (SSSR count). The van der Waals surface area contributed by atoms with E-state index >= 15 is 0 Å². The first-order chi connectivity index (χ1) is 13.4. The van der Waals surface area contributed by atoms with E-state index in [2.05, 4.69) is 10.5 Å². The van der Waals surface area contributed by atoms with Crippen molar-refractivity contribution in [1.29, 1.82) is 0 Å². The average molecular weight is 405 g/mol. The van der Waals surface area contributed by atoms with Crippen molar-refractivity contribution in [3.05, 3.63) is 53.1 Å². The summed E-state index contributed by atoms with van der Waals surface area (Å²) in [6.07, 6.45) is 2.93. The maximum atomic E-state index is 12.9. The second-order valence-electron chi connectivity index (χ2n) is 6.56. The predicted molar refractivity (Wildman–Crippen MR) is 105 cm³/mol. The highest BCUT2D eigenvalue weighted by Crippen LogP contribution is 2.17. The van der Waals surface area contributed by atoms with Crippen molar-refractivity contribution in [3.63, 3.8) is 0 Å². The van der Waals surface area contributed by atoms with Crippen LogP contribution in [0.25, 0.3) is 6.08 Å². The van der Waals surface area contributed by atoms with E-state index < -0.39 is 15.9 Å². The Labute approximate surface area is 164 Å². The molecule has 1 aliphatic rings. The molecule has 0 radical (unpaired) electrons. The largest absolute Gasteiger partial charge is 0.377 e. The number of hydrogen-bond donors (Lipinski definition) is 1. The van der Waals surface area contributed by atoms with Crippen LogP contribution in [0.5, 0.6) is 0 Å². The molecule has 0 bridgehead atoms. The smallest absolute Gasteiger partial charge is 0.240 e. The van der Waals surface area contributed by atoms with Gasteiger partial charge in [0.15, 0.2) is 5.82 Å². The maximum Gasteiger partial charge on any atom is 0.240 e. The van der Waals surface area contributed by atoms with Gasteiger partial charge in [0.2, 0.25) is 15.9 Å². The van der Waals surface area contributed by atoms with Gasteiger partial charge in [-0.3, -0.25) is 4.79 Å². The molecule has 1 amide bonds. The third-order valence-electron chi connectivity index (χ3n) is 4.24. The van der Waals surface area contributed by atoms with E-state index in [-0.39, 0.29) is 25.0 Å². The Morgan fingerprint density at radius 1 is 1.36 bits per heavy atom. The number of nitrogens with zero attached hydrogens (tertiary/aromatic N) is 2. The van der Waals surface area contributed by atoms with E-state index in [4.69, 9.17) is 9.26 Å². The van der Waals surface area contributed by atoms with Crippen molar-refractivity contribution in [1.82, 2.24) is 9.46 Å². The molecule has 1 saturated heterocycles. The minimum atomic E-state index is -3.82. The molecule has 1 fully saturated rings. The van der Waals surface area contributed by atoms with E-state index in [1.54, 1.807) is 25.1 Å². The molecular weight excluding hydrogens is 382 g/mol. The Morgan fingerprint density at radius 3 is 2.79 bits per heavy atom. The lowest BCUT2D eigenvalue weighted by molar-refractivity contribution is -0.116. The van der Waals surface area contributed by atoms with Gasteiger partial charge in [-0.25, -0.2) is 8.42 Å². The highest BCUT2D eigenvalue weighted by molar-refractivity contribution is 7.92. The number of amides is 1. The van der Waals surface area contributed by atoms with Gasteiger partial charge in [0.05, 0.1) is 12.6 Å². The maximum absolute atomic E-state index is 12.9. The zero-order chi connectivity index (χ0) is 20.0. The molecule has 1 N–H and O–H groups in total. The van der Waals surface area contributed by atoms with Crippen LogP contribution in [-0.4, -0.2) is 49.6 Å². The normalized spacial score (nSPS) is 17.4. The van der Waals surface area contributed by atoms with Crippen molar-refractivity contribution in [2.24, 2.45) is 0 Å². The number of aryl methyl sites for hydroxylation is 1. The van der Waals surface area contributed by atoms with Gasteiger partial charge in [-0.05, 0) is 31.4 Å². The molecule has 8 nitrogen and oxygen atoms in total. The van der Waals surface area contributed by atoms with Crippen molar-refractivity contribution < 1.29 is 22.5 Å². The minimum Gasteiger partial charge on any atom is -0.377 e. The van der Waals surface area contributed by atoms with E-state index in [0.29, 0.717) is 12.4 Å². The number of ether oxygens (including phenoxy) is 1. The van der Waals surface area contributed by atoms with Gasteiger partial charge < -0.3 is 14.6 Å². The highest BCUT2D eigenvalue weighted by atomic mass is 32.2. The number of rotatable bonds is 8. The molecule has 1 atom stereocenters. The summed E-state index contributed by atoms with van der Waals surface area (Å²) in [5.41, 5.74) is 0.755. The third kappa shape index (κ3) is 5.75. The fourth-order valence-electron chi connectivity index (χ4n) is 2.86. The minimum absolute atomic E-state index is 0.118. The molecule has 0 saturated carbocycles. The Morgan fingerprint density at radius 2 is 2.14 bits per heavy atom.